The Bertz CT molecular complexity index is 424. The topological polar surface area (TPSA) is 63.2 Å². The van der Waals surface area contributed by atoms with Crippen molar-refractivity contribution in [3.63, 3.8) is 0 Å². The molecule has 0 aliphatic carbocycles. The van der Waals surface area contributed by atoms with Crippen molar-refractivity contribution in [2.24, 2.45) is 5.92 Å². The van der Waals surface area contributed by atoms with Gasteiger partial charge in [-0.25, -0.2) is 4.98 Å². The van der Waals surface area contributed by atoms with Crippen LogP contribution in [-0.2, 0) is 11.2 Å². The number of aromatic nitrogens is 1. The summed E-state index contributed by atoms with van der Waals surface area (Å²) >= 11 is 0. The Hall–Kier alpha value is -1.62. The minimum Gasteiger partial charge on any atom is -0.383 e. The van der Waals surface area contributed by atoms with E-state index in [-0.39, 0.29) is 11.9 Å². The first kappa shape index (κ1) is 16.4. The van der Waals surface area contributed by atoms with E-state index in [0.29, 0.717) is 23.9 Å². The van der Waals surface area contributed by atoms with Crippen molar-refractivity contribution in [2.45, 2.75) is 33.2 Å². The van der Waals surface area contributed by atoms with E-state index in [1.807, 2.05) is 13.0 Å². The van der Waals surface area contributed by atoms with Gasteiger partial charge in [0.1, 0.15) is 5.82 Å². The fraction of sp³-hybridized carbons (Fsp3) is 0.600. The molecule has 5 heteroatoms. The minimum atomic E-state index is -0.0886. The number of nitrogens with zero attached hydrogens (tertiary/aromatic N) is 1. The van der Waals surface area contributed by atoms with E-state index < -0.39 is 0 Å². The molecular formula is C15H25N3O2. The lowest BCUT2D eigenvalue weighted by molar-refractivity contribution is 0.0866. The van der Waals surface area contributed by atoms with E-state index in [2.05, 4.69) is 29.5 Å². The highest BCUT2D eigenvalue weighted by molar-refractivity contribution is 5.95. The first-order valence-corrected chi connectivity index (χ1v) is 7.00. The molecule has 1 rings (SSSR count). The molecule has 2 N–H and O–H groups in total. The van der Waals surface area contributed by atoms with Crippen LogP contribution in [0.25, 0.3) is 0 Å². The van der Waals surface area contributed by atoms with Crippen LogP contribution < -0.4 is 10.6 Å². The number of amides is 1. The lowest BCUT2D eigenvalue weighted by atomic mass is 10.0. The second-order valence-electron chi connectivity index (χ2n) is 5.12. The molecule has 1 unspecified atom stereocenters. The number of carbonyl (C=O) groups excluding carboxylic acids is 1. The first-order valence-electron chi connectivity index (χ1n) is 7.00. The summed E-state index contributed by atoms with van der Waals surface area (Å²) in [4.78, 5) is 16.7. The Morgan fingerprint density at radius 3 is 2.60 bits per heavy atom. The van der Waals surface area contributed by atoms with E-state index in [1.54, 1.807) is 20.2 Å². The summed E-state index contributed by atoms with van der Waals surface area (Å²) in [6.07, 6.45) is 0.793. The number of hydrogen-bond acceptors (Lipinski definition) is 4. The highest BCUT2D eigenvalue weighted by Gasteiger charge is 2.17. The van der Waals surface area contributed by atoms with Gasteiger partial charge in [-0.3, -0.25) is 4.79 Å². The summed E-state index contributed by atoms with van der Waals surface area (Å²) in [5.74, 6) is 0.937. The Kier molecular flexibility index (Phi) is 6.45. The second-order valence-corrected chi connectivity index (χ2v) is 5.12. The first-order chi connectivity index (χ1) is 9.51. The summed E-state index contributed by atoms with van der Waals surface area (Å²) in [6, 6.07) is 3.60. The third kappa shape index (κ3) is 4.49. The molecule has 0 saturated carbocycles. The lowest BCUT2D eigenvalue weighted by Gasteiger charge is -2.21. The van der Waals surface area contributed by atoms with Gasteiger partial charge < -0.3 is 15.4 Å². The molecule has 0 radical (unpaired) electrons. The number of anilines is 1. The van der Waals surface area contributed by atoms with Crippen LogP contribution in [0.4, 0.5) is 5.82 Å². The quantitative estimate of drug-likeness (QED) is 0.802. The predicted molar refractivity (Wildman–Crippen MR) is 81.1 cm³/mol. The summed E-state index contributed by atoms with van der Waals surface area (Å²) in [5.41, 5.74) is 1.53. The molecule has 1 aromatic rings. The van der Waals surface area contributed by atoms with Crippen molar-refractivity contribution in [3.05, 3.63) is 23.4 Å². The van der Waals surface area contributed by atoms with Gasteiger partial charge in [-0.1, -0.05) is 20.8 Å². The van der Waals surface area contributed by atoms with E-state index in [9.17, 15) is 4.79 Å². The normalized spacial score (nSPS) is 12.3. The Balaban J connectivity index is 2.90. The molecule has 20 heavy (non-hydrogen) atoms. The van der Waals surface area contributed by atoms with Gasteiger partial charge in [0.15, 0.2) is 0 Å². The van der Waals surface area contributed by atoms with Crippen LogP contribution >= 0.6 is 0 Å². The number of rotatable bonds is 7. The van der Waals surface area contributed by atoms with Gasteiger partial charge in [0.25, 0.3) is 5.91 Å². The molecule has 112 valence electrons. The Morgan fingerprint density at radius 2 is 2.10 bits per heavy atom. The number of ether oxygens (including phenoxy) is 1. The molecule has 0 aliphatic heterocycles. The van der Waals surface area contributed by atoms with E-state index >= 15 is 0 Å². The fourth-order valence-electron chi connectivity index (χ4n) is 1.86. The van der Waals surface area contributed by atoms with Crippen LogP contribution in [0.1, 0.15) is 36.8 Å². The maximum Gasteiger partial charge on any atom is 0.251 e. The maximum absolute atomic E-state index is 12.3. The van der Waals surface area contributed by atoms with Crippen molar-refractivity contribution in [1.82, 2.24) is 10.3 Å². The molecule has 1 heterocycles. The van der Waals surface area contributed by atoms with Crippen LogP contribution in [0.2, 0.25) is 0 Å². The van der Waals surface area contributed by atoms with E-state index in [1.165, 1.54) is 0 Å². The third-order valence-electron chi connectivity index (χ3n) is 3.23. The minimum absolute atomic E-state index is 0.00350. The van der Waals surface area contributed by atoms with Crippen molar-refractivity contribution in [3.8, 4) is 0 Å². The maximum atomic E-state index is 12.3. The van der Waals surface area contributed by atoms with Crippen molar-refractivity contribution < 1.29 is 9.53 Å². The monoisotopic (exact) mass is 279 g/mol. The van der Waals surface area contributed by atoms with Crippen molar-refractivity contribution >= 4 is 11.7 Å². The van der Waals surface area contributed by atoms with Crippen LogP contribution in [0.3, 0.4) is 0 Å². The molecule has 0 aliphatic rings. The summed E-state index contributed by atoms with van der Waals surface area (Å²) in [7, 11) is 3.44. The molecule has 0 fully saturated rings. The molecule has 0 bridgehead atoms. The fourth-order valence-corrected chi connectivity index (χ4v) is 1.86. The molecule has 0 saturated heterocycles. The zero-order valence-electron chi connectivity index (χ0n) is 13.0. The second kappa shape index (κ2) is 7.85. The van der Waals surface area contributed by atoms with Gasteiger partial charge >= 0.3 is 0 Å². The summed E-state index contributed by atoms with van der Waals surface area (Å²) in [5, 5.41) is 6.00. The molecule has 1 atom stereocenters. The highest BCUT2D eigenvalue weighted by atomic mass is 16.5. The lowest BCUT2D eigenvalue weighted by Crippen LogP contribution is -2.41. The van der Waals surface area contributed by atoms with Gasteiger partial charge in [-0.2, -0.15) is 0 Å². The van der Waals surface area contributed by atoms with Gasteiger partial charge in [-0.15, -0.1) is 0 Å². The number of nitrogens with one attached hydrogen (secondary N) is 2. The molecule has 0 aromatic carbocycles. The van der Waals surface area contributed by atoms with Gasteiger partial charge in [-0.05, 0) is 24.5 Å². The summed E-state index contributed by atoms with van der Waals surface area (Å²) in [6.45, 7) is 6.65. The van der Waals surface area contributed by atoms with Crippen LogP contribution in [0.15, 0.2) is 12.1 Å². The van der Waals surface area contributed by atoms with E-state index in [4.69, 9.17) is 4.74 Å². The largest absolute Gasteiger partial charge is 0.383 e. The molecular weight excluding hydrogens is 254 g/mol. The van der Waals surface area contributed by atoms with Gasteiger partial charge in [0.05, 0.1) is 12.6 Å². The van der Waals surface area contributed by atoms with Crippen LogP contribution in [0.5, 0.6) is 0 Å². The number of carbonyl (C=O) groups is 1. The predicted octanol–water partition coefficient (Wildman–Crippen LogP) is 2.09. The smallest absolute Gasteiger partial charge is 0.251 e. The Morgan fingerprint density at radius 1 is 1.40 bits per heavy atom. The molecule has 0 spiro atoms. The zero-order chi connectivity index (χ0) is 15.1. The zero-order valence-corrected chi connectivity index (χ0v) is 13.0. The van der Waals surface area contributed by atoms with Gasteiger partial charge in [0, 0.05) is 25.4 Å². The van der Waals surface area contributed by atoms with Crippen LogP contribution in [-0.4, -0.2) is 37.7 Å². The average molecular weight is 279 g/mol. The number of hydrogen-bond donors (Lipinski definition) is 2. The van der Waals surface area contributed by atoms with Crippen molar-refractivity contribution in [1.29, 1.82) is 0 Å². The standard InChI is InChI=1S/C15H25N3O2/c1-6-12-7-11(8-14(16-4)17-12)15(19)18-13(9-20-5)10(2)3/h7-8,10,13H,6,9H2,1-5H3,(H,16,17)(H,18,19). The third-order valence-corrected chi connectivity index (χ3v) is 3.23. The average Bonchev–Trinajstić information content (AvgIpc) is 2.45. The van der Waals surface area contributed by atoms with E-state index in [0.717, 1.165) is 12.1 Å². The van der Waals surface area contributed by atoms with Gasteiger partial charge in [0.2, 0.25) is 0 Å². The highest BCUT2D eigenvalue weighted by Crippen LogP contribution is 2.12. The van der Waals surface area contributed by atoms with Crippen LogP contribution in [0, 0.1) is 5.92 Å². The molecule has 5 nitrogen and oxygen atoms in total. The number of aryl methyl sites for hydroxylation is 1. The number of pyridine rings is 1. The Labute approximate surface area is 121 Å². The van der Waals surface area contributed by atoms with Crippen molar-refractivity contribution in [2.75, 3.05) is 26.1 Å². The summed E-state index contributed by atoms with van der Waals surface area (Å²) < 4.78 is 5.15. The SMILES string of the molecule is CCc1cc(C(=O)NC(COC)C(C)C)cc(NC)n1. The number of methoxy groups -OCH3 is 1. The molecule has 1 aromatic heterocycles. The molecule has 1 amide bonds.